The maximum Gasteiger partial charge on any atom is 0.273 e. The lowest BCUT2D eigenvalue weighted by Gasteiger charge is -2.30. The van der Waals surface area contributed by atoms with Crippen molar-refractivity contribution in [1.29, 1.82) is 0 Å². The Morgan fingerprint density at radius 3 is 1.89 bits per heavy atom. The number of nitrogens with one attached hydrogen (secondary N) is 2. The number of anilines is 2. The van der Waals surface area contributed by atoms with Crippen LogP contribution in [0.5, 0.6) is 28.7 Å². The van der Waals surface area contributed by atoms with Gasteiger partial charge in [-0.2, -0.15) is 0 Å². The molecule has 2 N–H and O–H groups in total. The number of Topliss-reactive ketones (excluding diaryl/α,β-unsaturated/α-hetero) is 1. The van der Waals surface area contributed by atoms with Crippen molar-refractivity contribution in [1.82, 2.24) is 0 Å². The lowest BCUT2D eigenvalue weighted by atomic mass is 9.76. The normalized spacial score (nSPS) is 12.2. The third-order valence-corrected chi connectivity index (χ3v) is 11.5. The largest absolute Gasteiger partial charge is 0.493 e. The van der Waals surface area contributed by atoms with Gasteiger partial charge in [0, 0.05) is 23.1 Å². The highest BCUT2D eigenvalue weighted by Crippen LogP contribution is 2.39. The van der Waals surface area contributed by atoms with E-state index in [2.05, 4.69) is 70.4 Å². The standard InChI is InChI=1S/C52H61ClN2O7/c1-10-51(6,7)36-19-30-45(42(32-36)52(8,9)11-2)59-31-15-18-46(56)54-37-20-29-43(53)44(33-37)55-49(58)47(48(57)50(3,4)5)62-41-27-25-40(26-28-41)61-39-23-21-38(22-24-39)60-34-35-16-13-12-14-17-35/h12-14,16-17,19-30,32-33,47H,10-11,15,18,31,34H2,1-9H3,(H,54,56)(H,55,58). The van der Waals surface area contributed by atoms with E-state index in [4.69, 9.17) is 30.5 Å². The Hall–Kier alpha value is -5.80. The van der Waals surface area contributed by atoms with Crippen molar-refractivity contribution >= 4 is 40.6 Å². The highest BCUT2D eigenvalue weighted by Gasteiger charge is 2.37. The van der Waals surface area contributed by atoms with Crippen LogP contribution in [0.2, 0.25) is 5.02 Å². The molecule has 62 heavy (non-hydrogen) atoms. The molecule has 0 saturated carbocycles. The Morgan fingerprint density at radius 1 is 0.661 bits per heavy atom. The van der Waals surface area contributed by atoms with Crippen molar-refractivity contribution in [2.24, 2.45) is 5.41 Å². The predicted octanol–water partition coefficient (Wildman–Crippen LogP) is 12.9. The summed E-state index contributed by atoms with van der Waals surface area (Å²) < 4.78 is 24.2. The molecule has 5 aromatic carbocycles. The molecule has 5 rings (SSSR count). The number of ether oxygens (including phenoxy) is 4. The number of amides is 2. The molecule has 5 aromatic rings. The molecule has 9 nitrogen and oxygen atoms in total. The summed E-state index contributed by atoms with van der Waals surface area (Å²) in [6.07, 6.45) is 1.19. The Balaban J connectivity index is 1.17. The quantitative estimate of drug-likeness (QED) is 0.0592. The van der Waals surface area contributed by atoms with Gasteiger partial charge < -0.3 is 29.6 Å². The highest BCUT2D eigenvalue weighted by molar-refractivity contribution is 6.34. The second-order valence-electron chi connectivity index (χ2n) is 17.8. The molecule has 0 aliphatic rings. The molecular formula is C52H61ClN2O7. The lowest BCUT2D eigenvalue weighted by Crippen LogP contribution is -2.45. The first-order valence-corrected chi connectivity index (χ1v) is 21.7. The summed E-state index contributed by atoms with van der Waals surface area (Å²) in [5, 5.41) is 5.86. The van der Waals surface area contributed by atoms with E-state index >= 15 is 0 Å². The van der Waals surface area contributed by atoms with Crippen LogP contribution in [-0.2, 0) is 31.8 Å². The summed E-state index contributed by atoms with van der Waals surface area (Å²) in [6.45, 7) is 19.3. The molecule has 0 spiro atoms. The van der Waals surface area contributed by atoms with Crippen molar-refractivity contribution in [2.75, 3.05) is 17.2 Å². The molecule has 0 saturated heterocycles. The van der Waals surface area contributed by atoms with Gasteiger partial charge in [0.05, 0.1) is 17.3 Å². The molecule has 0 radical (unpaired) electrons. The number of rotatable bonds is 20. The van der Waals surface area contributed by atoms with E-state index in [0.717, 1.165) is 24.2 Å². The Morgan fingerprint density at radius 2 is 1.27 bits per heavy atom. The molecule has 0 aliphatic carbocycles. The van der Waals surface area contributed by atoms with E-state index in [9.17, 15) is 14.4 Å². The maximum absolute atomic E-state index is 13.8. The van der Waals surface area contributed by atoms with Crippen molar-refractivity contribution in [3.63, 3.8) is 0 Å². The van der Waals surface area contributed by atoms with Gasteiger partial charge in [-0.05, 0) is 114 Å². The Kier molecular flexibility index (Phi) is 15.9. The van der Waals surface area contributed by atoms with Crippen molar-refractivity contribution in [2.45, 2.75) is 112 Å². The first-order valence-electron chi connectivity index (χ1n) is 21.3. The number of carbonyl (C=O) groups excluding carboxylic acids is 3. The van der Waals surface area contributed by atoms with Crippen LogP contribution >= 0.6 is 11.6 Å². The zero-order valence-electron chi connectivity index (χ0n) is 37.5. The molecular weight excluding hydrogens is 800 g/mol. The van der Waals surface area contributed by atoms with Crippen LogP contribution < -0.4 is 29.6 Å². The summed E-state index contributed by atoms with van der Waals surface area (Å²) in [4.78, 5) is 40.4. The third kappa shape index (κ3) is 13.1. The first kappa shape index (κ1) is 47.3. The molecule has 328 valence electrons. The van der Waals surface area contributed by atoms with Gasteiger partial charge in [0.1, 0.15) is 35.4 Å². The minimum absolute atomic E-state index is 0.0536. The minimum Gasteiger partial charge on any atom is -0.493 e. The zero-order chi connectivity index (χ0) is 45.1. The summed E-state index contributed by atoms with van der Waals surface area (Å²) in [5.74, 6) is 1.62. The van der Waals surface area contributed by atoms with Crippen LogP contribution in [0.4, 0.5) is 11.4 Å². The fraction of sp³-hybridized carbons (Fsp3) is 0.365. The smallest absolute Gasteiger partial charge is 0.273 e. The van der Waals surface area contributed by atoms with Gasteiger partial charge in [-0.15, -0.1) is 0 Å². The highest BCUT2D eigenvalue weighted by atomic mass is 35.5. The molecule has 0 bridgehead atoms. The molecule has 10 heteroatoms. The Labute approximate surface area is 372 Å². The van der Waals surface area contributed by atoms with E-state index < -0.39 is 23.2 Å². The van der Waals surface area contributed by atoms with Crippen LogP contribution in [0.25, 0.3) is 0 Å². The molecule has 0 heterocycles. The maximum atomic E-state index is 13.8. The van der Waals surface area contributed by atoms with E-state index in [1.165, 1.54) is 11.1 Å². The average molecular weight is 862 g/mol. The monoisotopic (exact) mass is 860 g/mol. The summed E-state index contributed by atoms with van der Waals surface area (Å²) >= 11 is 6.51. The molecule has 0 fully saturated rings. The summed E-state index contributed by atoms with van der Waals surface area (Å²) in [6, 6.07) is 35.1. The van der Waals surface area contributed by atoms with Gasteiger partial charge in [0.25, 0.3) is 5.91 Å². The van der Waals surface area contributed by atoms with Crippen molar-refractivity contribution in [3.05, 3.63) is 137 Å². The van der Waals surface area contributed by atoms with Crippen LogP contribution in [0, 0.1) is 5.41 Å². The fourth-order valence-electron chi connectivity index (χ4n) is 6.36. The number of benzene rings is 5. The van der Waals surface area contributed by atoms with Gasteiger partial charge in [-0.25, -0.2) is 0 Å². The second kappa shape index (κ2) is 20.8. The van der Waals surface area contributed by atoms with Gasteiger partial charge in [0.2, 0.25) is 12.0 Å². The molecule has 0 aromatic heterocycles. The molecule has 2 amide bonds. The van der Waals surface area contributed by atoms with Gasteiger partial charge in [-0.1, -0.05) is 116 Å². The van der Waals surface area contributed by atoms with E-state index in [0.29, 0.717) is 48.3 Å². The van der Waals surface area contributed by atoms with Crippen molar-refractivity contribution < 1.29 is 33.3 Å². The number of hydrogen-bond acceptors (Lipinski definition) is 7. The zero-order valence-corrected chi connectivity index (χ0v) is 38.3. The van der Waals surface area contributed by atoms with Crippen LogP contribution in [0.15, 0.2) is 115 Å². The van der Waals surface area contributed by atoms with Crippen LogP contribution in [0.3, 0.4) is 0 Å². The van der Waals surface area contributed by atoms with Gasteiger partial charge in [0.15, 0.2) is 5.78 Å². The first-order chi connectivity index (χ1) is 29.4. The van der Waals surface area contributed by atoms with E-state index in [1.807, 2.05) is 54.6 Å². The molecule has 1 atom stereocenters. The average Bonchev–Trinajstić information content (AvgIpc) is 3.25. The van der Waals surface area contributed by atoms with Crippen LogP contribution in [-0.4, -0.2) is 30.3 Å². The molecule has 1 unspecified atom stereocenters. The number of hydrogen-bond donors (Lipinski definition) is 2. The topological polar surface area (TPSA) is 112 Å². The number of ketones is 1. The fourth-order valence-corrected chi connectivity index (χ4v) is 6.52. The third-order valence-electron chi connectivity index (χ3n) is 11.2. The number of carbonyl (C=O) groups is 3. The SMILES string of the molecule is CCC(C)(C)c1ccc(OCCCC(=O)Nc2ccc(Cl)c(NC(=O)C(Oc3ccc(Oc4ccc(OCc5ccccc5)cc4)cc3)C(=O)C(C)(C)C)c2)c(C(C)(C)CC)c1. The van der Waals surface area contributed by atoms with Crippen LogP contribution in [0.1, 0.15) is 105 Å². The Bertz CT molecular complexity index is 2280. The van der Waals surface area contributed by atoms with Gasteiger partial charge >= 0.3 is 0 Å². The second-order valence-corrected chi connectivity index (χ2v) is 18.2. The minimum atomic E-state index is -1.50. The van der Waals surface area contributed by atoms with Gasteiger partial charge in [-0.3, -0.25) is 14.4 Å². The predicted molar refractivity (Wildman–Crippen MR) is 249 cm³/mol. The summed E-state index contributed by atoms with van der Waals surface area (Å²) in [5.41, 5.74) is 3.25. The summed E-state index contributed by atoms with van der Waals surface area (Å²) in [7, 11) is 0. The number of halogens is 1. The lowest BCUT2D eigenvalue weighted by molar-refractivity contribution is -0.140. The van der Waals surface area contributed by atoms with E-state index in [-0.39, 0.29) is 33.9 Å². The van der Waals surface area contributed by atoms with Crippen molar-refractivity contribution in [3.8, 4) is 28.7 Å². The van der Waals surface area contributed by atoms with E-state index in [1.54, 1.807) is 63.2 Å². The molecule has 0 aliphatic heterocycles.